The van der Waals surface area contributed by atoms with Crippen molar-refractivity contribution in [1.29, 1.82) is 0 Å². The zero-order valence-corrected chi connectivity index (χ0v) is 10.2. The average Bonchev–Trinajstić information content (AvgIpc) is 3.13. The van der Waals surface area contributed by atoms with Crippen LogP contribution in [-0.2, 0) is 0 Å². The molecular weight excluding hydrogens is 220 g/mol. The molecule has 0 unspecified atom stereocenters. The fourth-order valence-electron chi connectivity index (χ4n) is 2.58. The molecule has 3 heteroatoms. The molecule has 2 saturated carbocycles. The minimum absolute atomic E-state index is 0.598. The Hall–Kier alpha value is -0.630. The van der Waals surface area contributed by atoms with Crippen molar-refractivity contribution in [3.63, 3.8) is 0 Å². The molecule has 2 fully saturated rings. The van der Waals surface area contributed by atoms with E-state index in [4.69, 9.17) is 16.6 Å². The van der Waals surface area contributed by atoms with Crippen molar-refractivity contribution in [3.8, 4) is 0 Å². The van der Waals surface area contributed by atoms with Crippen LogP contribution in [0.15, 0.2) is 6.07 Å². The van der Waals surface area contributed by atoms with Gasteiger partial charge in [0.25, 0.3) is 0 Å². The van der Waals surface area contributed by atoms with Crippen molar-refractivity contribution in [2.45, 2.75) is 56.8 Å². The standard InChI is InChI=1S/C13H17ClN2/c14-12-8-11(9-4-2-1-3-5-9)15-13(16-12)10-6-7-10/h8-10H,1-7H2. The van der Waals surface area contributed by atoms with Crippen molar-refractivity contribution in [2.75, 3.05) is 0 Å². The van der Waals surface area contributed by atoms with Crippen molar-refractivity contribution in [2.24, 2.45) is 0 Å². The molecular formula is C13H17ClN2. The Balaban J connectivity index is 1.86. The monoisotopic (exact) mass is 236 g/mol. The van der Waals surface area contributed by atoms with Crippen LogP contribution in [0.2, 0.25) is 5.15 Å². The van der Waals surface area contributed by atoms with E-state index >= 15 is 0 Å². The number of halogens is 1. The smallest absolute Gasteiger partial charge is 0.133 e. The molecule has 0 spiro atoms. The van der Waals surface area contributed by atoms with Crippen LogP contribution in [0.25, 0.3) is 0 Å². The molecule has 0 bridgehead atoms. The molecule has 0 saturated heterocycles. The molecule has 0 radical (unpaired) electrons. The summed E-state index contributed by atoms with van der Waals surface area (Å²) in [6.07, 6.45) is 9.09. The lowest BCUT2D eigenvalue weighted by Crippen LogP contribution is -2.08. The van der Waals surface area contributed by atoms with Crippen molar-refractivity contribution < 1.29 is 0 Å². The van der Waals surface area contributed by atoms with Gasteiger partial charge < -0.3 is 0 Å². The molecule has 0 amide bonds. The fourth-order valence-corrected chi connectivity index (χ4v) is 2.78. The van der Waals surface area contributed by atoms with Crippen LogP contribution >= 0.6 is 11.6 Å². The van der Waals surface area contributed by atoms with Gasteiger partial charge in [0.1, 0.15) is 11.0 Å². The highest BCUT2D eigenvalue weighted by Crippen LogP contribution is 2.40. The first kappa shape index (κ1) is 10.5. The van der Waals surface area contributed by atoms with E-state index in [0.717, 1.165) is 5.82 Å². The quantitative estimate of drug-likeness (QED) is 0.724. The van der Waals surface area contributed by atoms with Crippen LogP contribution in [0.4, 0.5) is 0 Å². The van der Waals surface area contributed by atoms with E-state index in [0.29, 0.717) is 17.0 Å². The molecule has 2 aliphatic rings. The maximum Gasteiger partial charge on any atom is 0.133 e. The highest BCUT2D eigenvalue weighted by molar-refractivity contribution is 6.29. The SMILES string of the molecule is Clc1cc(C2CCCCC2)nc(C2CC2)n1. The van der Waals surface area contributed by atoms with Crippen molar-refractivity contribution >= 4 is 11.6 Å². The lowest BCUT2D eigenvalue weighted by Gasteiger charge is -2.21. The summed E-state index contributed by atoms with van der Waals surface area (Å²) >= 11 is 6.09. The van der Waals surface area contributed by atoms with Gasteiger partial charge in [0.2, 0.25) is 0 Å². The number of hydrogen-bond acceptors (Lipinski definition) is 2. The number of nitrogens with zero attached hydrogens (tertiary/aromatic N) is 2. The van der Waals surface area contributed by atoms with Crippen LogP contribution in [0.1, 0.15) is 68.3 Å². The Morgan fingerprint density at radius 1 is 0.938 bits per heavy atom. The third-order valence-electron chi connectivity index (χ3n) is 3.70. The molecule has 1 heterocycles. The zero-order valence-electron chi connectivity index (χ0n) is 9.45. The van der Waals surface area contributed by atoms with Crippen LogP contribution < -0.4 is 0 Å². The van der Waals surface area contributed by atoms with E-state index in [1.54, 1.807) is 0 Å². The number of hydrogen-bond donors (Lipinski definition) is 0. The first-order chi connectivity index (χ1) is 7.83. The zero-order chi connectivity index (χ0) is 11.0. The largest absolute Gasteiger partial charge is 0.237 e. The van der Waals surface area contributed by atoms with Gasteiger partial charge in [-0.2, -0.15) is 0 Å². The van der Waals surface area contributed by atoms with Crippen molar-refractivity contribution in [3.05, 3.63) is 22.7 Å². The summed E-state index contributed by atoms with van der Waals surface area (Å²) in [7, 11) is 0. The predicted molar refractivity (Wildman–Crippen MR) is 64.8 cm³/mol. The summed E-state index contributed by atoms with van der Waals surface area (Å²) in [6, 6.07) is 1.98. The van der Waals surface area contributed by atoms with Gasteiger partial charge in [-0.05, 0) is 31.7 Å². The summed E-state index contributed by atoms with van der Waals surface area (Å²) in [5, 5.41) is 0.637. The molecule has 3 rings (SSSR count). The third kappa shape index (κ3) is 2.22. The Morgan fingerprint density at radius 3 is 2.38 bits per heavy atom. The summed E-state index contributed by atoms with van der Waals surface area (Å²) in [5.74, 6) is 2.22. The molecule has 0 aromatic carbocycles. The maximum absolute atomic E-state index is 6.09. The average molecular weight is 237 g/mol. The van der Waals surface area contributed by atoms with Crippen LogP contribution in [-0.4, -0.2) is 9.97 Å². The summed E-state index contributed by atoms with van der Waals surface area (Å²) in [6.45, 7) is 0. The van der Waals surface area contributed by atoms with Gasteiger partial charge in [-0.1, -0.05) is 30.9 Å². The first-order valence-electron chi connectivity index (χ1n) is 6.37. The lowest BCUT2D eigenvalue weighted by atomic mass is 9.87. The van der Waals surface area contributed by atoms with Gasteiger partial charge >= 0.3 is 0 Å². The molecule has 2 aliphatic carbocycles. The lowest BCUT2D eigenvalue weighted by molar-refractivity contribution is 0.435. The number of rotatable bonds is 2. The van der Waals surface area contributed by atoms with E-state index in [1.165, 1.54) is 50.6 Å². The molecule has 86 valence electrons. The highest BCUT2D eigenvalue weighted by atomic mass is 35.5. The highest BCUT2D eigenvalue weighted by Gasteiger charge is 2.28. The van der Waals surface area contributed by atoms with Crippen LogP contribution in [0, 0.1) is 0 Å². The van der Waals surface area contributed by atoms with Gasteiger partial charge in [-0.3, -0.25) is 0 Å². The summed E-state index contributed by atoms with van der Waals surface area (Å²) in [4.78, 5) is 9.07. The fraction of sp³-hybridized carbons (Fsp3) is 0.692. The van der Waals surface area contributed by atoms with E-state index in [-0.39, 0.29) is 0 Å². The van der Waals surface area contributed by atoms with E-state index in [1.807, 2.05) is 6.07 Å². The molecule has 0 N–H and O–H groups in total. The first-order valence-corrected chi connectivity index (χ1v) is 6.75. The minimum Gasteiger partial charge on any atom is -0.237 e. The maximum atomic E-state index is 6.09. The summed E-state index contributed by atoms with van der Waals surface area (Å²) in [5.41, 5.74) is 1.20. The van der Waals surface area contributed by atoms with Gasteiger partial charge in [0.15, 0.2) is 0 Å². The van der Waals surface area contributed by atoms with E-state index < -0.39 is 0 Å². The predicted octanol–water partition coefficient (Wildman–Crippen LogP) is 4.06. The van der Waals surface area contributed by atoms with E-state index in [9.17, 15) is 0 Å². The number of aromatic nitrogens is 2. The molecule has 0 atom stereocenters. The van der Waals surface area contributed by atoms with Gasteiger partial charge in [-0.25, -0.2) is 9.97 Å². The van der Waals surface area contributed by atoms with Gasteiger partial charge in [-0.15, -0.1) is 0 Å². The third-order valence-corrected chi connectivity index (χ3v) is 3.89. The second kappa shape index (κ2) is 4.33. The molecule has 16 heavy (non-hydrogen) atoms. The minimum atomic E-state index is 0.598. The Labute approximate surface area is 101 Å². The Kier molecular flexibility index (Phi) is 2.84. The second-order valence-electron chi connectivity index (χ2n) is 5.08. The molecule has 1 aromatic heterocycles. The normalized spacial score (nSPS) is 22.3. The Bertz CT molecular complexity index is 382. The van der Waals surface area contributed by atoms with Crippen LogP contribution in [0.3, 0.4) is 0 Å². The van der Waals surface area contributed by atoms with Crippen molar-refractivity contribution in [1.82, 2.24) is 9.97 Å². The topological polar surface area (TPSA) is 25.8 Å². The Morgan fingerprint density at radius 2 is 1.69 bits per heavy atom. The molecule has 1 aromatic rings. The molecule has 0 aliphatic heterocycles. The van der Waals surface area contributed by atoms with Gasteiger partial charge in [0.05, 0.1) is 0 Å². The summed E-state index contributed by atoms with van der Waals surface area (Å²) < 4.78 is 0. The van der Waals surface area contributed by atoms with Crippen LogP contribution in [0.5, 0.6) is 0 Å². The molecule has 2 nitrogen and oxygen atoms in total. The second-order valence-corrected chi connectivity index (χ2v) is 5.47. The van der Waals surface area contributed by atoms with E-state index in [2.05, 4.69) is 4.98 Å². The van der Waals surface area contributed by atoms with Gasteiger partial charge in [0, 0.05) is 17.5 Å².